The molecule has 0 spiro atoms. The van der Waals surface area contributed by atoms with Crippen molar-refractivity contribution in [2.45, 2.75) is 45.4 Å². The van der Waals surface area contributed by atoms with E-state index >= 15 is 0 Å². The molecular formula is C14H23N3O3. The van der Waals surface area contributed by atoms with Gasteiger partial charge in [0, 0.05) is 37.3 Å². The minimum absolute atomic E-state index is 0.0207. The van der Waals surface area contributed by atoms with Crippen molar-refractivity contribution in [2.75, 3.05) is 19.8 Å². The topological polar surface area (TPSA) is 77.2 Å². The molecule has 1 aromatic rings. The van der Waals surface area contributed by atoms with Gasteiger partial charge in [-0.25, -0.2) is 0 Å². The highest BCUT2D eigenvalue weighted by Gasteiger charge is 2.21. The van der Waals surface area contributed by atoms with E-state index in [9.17, 15) is 4.79 Å². The van der Waals surface area contributed by atoms with E-state index < -0.39 is 0 Å². The fraction of sp³-hybridized carbons (Fsp3) is 0.786. The van der Waals surface area contributed by atoms with Crippen molar-refractivity contribution in [1.29, 1.82) is 0 Å². The second-order valence-electron chi connectivity index (χ2n) is 6.30. The Morgan fingerprint density at radius 3 is 2.85 bits per heavy atom. The predicted molar refractivity (Wildman–Crippen MR) is 73.3 cm³/mol. The van der Waals surface area contributed by atoms with E-state index in [-0.39, 0.29) is 11.3 Å². The standard InChI is InChI=1S/C14H23N3O3/c1-14(2,3)13-16-12(20-17-13)5-4-11(18)15-8-10-6-7-19-9-10/h10H,4-9H2,1-3H3,(H,15,18)/t10-/m1/s1. The van der Waals surface area contributed by atoms with E-state index in [0.717, 1.165) is 19.6 Å². The molecule has 0 unspecified atom stereocenters. The zero-order chi connectivity index (χ0) is 14.6. The van der Waals surface area contributed by atoms with Gasteiger partial charge in [0.1, 0.15) is 0 Å². The third-order valence-electron chi connectivity index (χ3n) is 3.32. The molecule has 20 heavy (non-hydrogen) atoms. The van der Waals surface area contributed by atoms with E-state index in [4.69, 9.17) is 9.26 Å². The van der Waals surface area contributed by atoms with E-state index in [0.29, 0.717) is 37.0 Å². The molecule has 1 aromatic heterocycles. The van der Waals surface area contributed by atoms with Gasteiger partial charge < -0.3 is 14.6 Å². The number of hydrogen-bond acceptors (Lipinski definition) is 5. The molecule has 0 saturated carbocycles. The molecule has 2 heterocycles. The maximum Gasteiger partial charge on any atom is 0.227 e. The number of rotatable bonds is 5. The third-order valence-corrected chi connectivity index (χ3v) is 3.32. The van der Waals surface area contributed by atoms with Gasteiger partial charge in [-0.3, -0.25) is 4.79 Å². The third kappa shape index (κ3) is 4.30. The summed E-state index contributed by atoms with van der Waals surface area (Å²) in [5, 5.41) is 6.86. The molecule has 1 aliphatic rings. The highest BCUT2D eigenvalue weighted by atomic mass is 16.5. The van der Waals surface area contributed by atoms with Crippen molar-refractivity contribution >= 4 is 5.91 Å². The quantitative estimate of drug-likeness (QED) is 0.884. The zero-order valence-electron chi connectivity index (χ0n) is 12.4. The van der Waals surface area contributed by atoms with Crippen LogP contribution in [0.1, 0.15) is 45.3 Å². The molecule has 0 bridgehead atoms. The number of nitrogens with zero attached hydrogens (tertiary/aromatic N) is 2. The summed E-state index contributed by atoms with van der Waals surface area (Å²) in [6, 6.07) is 0. The Kier molecular flexibility index (Phi) is 4.75. The van der Waals surface area contributed by atoms with Gasteiger partial charge >= 0.3 is 0 Å². The van der Waals surface area contributed by atoms with Crippen LogP contribution >= 0.6 is 0 Å². The Labute approximate surface area is 119 Å². The first-order valence-corrected chi connectivity index (χ1v) is 7.12. The molecule has 0 radical (unpaired) electrons. The largest absolute Gasteiger partial charge is 0.381 e. The van der Waals surface area contributed by atoms with Gasteiger partial charge in [-0.15, -0.1) is 0 Å². The number of carbonyl (C=O) groups excluding carboxylic acids is 1. The molecule has 1 atom stereocenters. The fourth-order valence-electron chi connectivity index (χ4n) is 1.97. The number of amides is 1. The first kappa shape index (κ1) is 15.0. The lowest BCUT2D eigenvalue weighted by atomic mass is 9.96. The van der Waals surface area contributed by atoms with Crippen LogP contribution in [0, 0.1) is 5.92 Å². The molecule has 0 aliphatic carbocycles. The number of nitrogens with one attached hydrogen (secondary N) is 1. The van der Waals surface area contributed by atoms with Crippen LogP contribution in [-0.4, -0.2) is 35.8 Å². The van der Waals surface area contributed by atoms with E-state index in [1.807, 2.05) is 20.8 Å². The van der Waals surface area contributed by atoms with Crippen LogP contribution in [0.15, 0.2) is 4.52 Å². The van der Waals surface area contributed by atoms with E-state index in [1.165, 1.54) is 0 Å². The van der Waals surface area contributed by atoms with Gasteiger partial charge in [-0.05, 0) is 6.42 Å². The van der Waals surface area contributed by atoms with Crippen LogP contribution in [0.5, 0.6) is 0 Å². The molecule has 1 aliphatic heterocycles. The highest BCUT2D eigenvalue weighted by Crippen LogP contribution is 2.18. The summed E-state index contributed by atoms with van der Waals surface area (Å²) in [6.45, 7) is 8.32. The van der Waals surface area contributed by atoms with Gasteiger partial charge in [0.05, 0.1) is 6.61 Å². The highest BCUT2D eigenvalue weighted by molar-refractivity contribution is 5.75. The second-order valence-corrected chi connectivity index (χ2v) is 6.30. The summed E-state index contributed by atoms with van der Waals surface area (Å²) >= 11 is 0. The van der Waals surface area contributed by atoms with Gasteiger partial charge in [0.25, 0.3) is 0 Å². The normalized spacial score (nSPS) is 19.2. The van der Waals surface area contributed by atoms with Crippen LogP contribution in [0.25, 0.3) is 0 Å². The van der Waals surface area contributed by atoms with Crippen molar-refractivity contribution in [3.05, 3.63) is 11.7 Å². The zero-order valence-corrected chi connectivity index (χ0v) is 12.4. The molecule has 6 heteroatoms. The lowest BCUT2D eigenvalue weighted by Gasteiger charge is -2.10. The number of ether oxygens (including phenoxy) is 1. The maximum atomic E-state index is 11.7. The second kappa shape index (κ2) is 6.35. The Morgan fingerprint density at radius 1 is 1.45 bits per heavy atom. The van der Waals surface area contributed by atoms with Gasteiger partial charge in [0.15, 0.2) is 5.82 Å². The maximum absolute atomic E-state index is 11.7. The Hall–Kier alpha value is -1.43. The lowest BCUT2D eigenvalue weighted by Crippen LogP contribution is -2.29. The lowest BCUT2D eigenvalue weighted by molar-refractivity contribution is -0.121. The van der Waals surface area contributed by atoms with Gasteiger partial charge in [-0.2, -0.15) is 4.98 Å². The van der Waals surface area contributed by atoms with Crippen molar-refractivity contribution in [3.63, 3.8) is 0 Å². The average molecular weight is 281 g/mol. The Balaban J connectivity index is 1.71. The van der Waals surface area contributed by atoms with Crippen LogP contribution in [-0.2, 0) is 21.4 Å². The van der Waals surface area contributed by atoms with E-state index in [1.54, 1.807) is 0 Å². The molecule has 6 nitrogen and oxygen atoms in total. The number of aryl methyl sites for hydroxylation is 1. The molecule has 2 rings (SSSR count). The van der Waals surface area contributed by atoms with Crippen molar-refractivity contribution < 1.29 is 14.1 Å². The van der Waals surface area contributed by atoms with Crippen LogP contribution in [0.4, 0.5) is 0 Å². The number of carbonyl (C=O) groups is 1. The van der Waals surface area contributed by atoms with Crippen molar-refractivity contribution in [3.8, 4) is 0 Å². The smallest absolute Gasteiger partial charge is 0.227 e. The van der Waals surface area contributed by atoms with Gasteiger partial charge in [0.2, 0.25) is 11.8 Å². The Bertz CT molecular complexity index is 445. The molecule has 112 valence electrons. The molecule has 1 saturated heterocycles. The summed E-state index contributed by atoms with van der Waals surface area (Å²) in [6.07, 6.45) is 1.88. The molecule has 1 N–H and O–H groups in total. The summed E-state index contributed by atoms with van der Waals surface area (Å²) < 4.78 is 10.4. The van der Waals surface area contributed by atoms with Crippen LogP contribution in [0.3, 0.4) is 0 Å². The molecular weight excluding hydrogens is 258 g/mol. The van der Waals surface area contributed by atoms with Crippen molar-refractivity contribution in [2.24, 2.45) is 5.92 Å². The van der Waals surface area contributed by atoms with Crippen LogP contribution < -0.4 is 5.32 Å². The van der Waals surface area contributed by atoms with Crippen LogP contribution in [0.2, 0.25) is 0 Å². The average Bonchev–Trinajstić information content (AvgIpc) is 3.04. The minimum atomic E-state index is -0.132. The summed E-state index contributed by atoms with van der Waals surface area (Å²) in [4.78, 5) is 16.0. The predicted octanol–water partition coefficient (Wildman–Crippen LogP) is 1.45. The Morgan fingerprint density at radius 2 is 2.25 bits per heavy atom. The summed E-state index contributed by atoms with van der Waals surface area (Å²) in [5.74, 6) is 1.67. The fourth-order valence-corrected chi connectivity index (χ4v) is 1.97. The first-order valence-electron chi connectivity index (χ1n) is 7.12. The monoisotopic (exact) mass is 281 g/mol. The number of aromatic nitrogens is 2. The first-order chi connectivity index (χ1) is 9.45. The molecule has 1 fully saturated rings. The molecule has 1 amide bonds. The summed E-state index contributed by atoms with van der Waals surface area (Å²) in [7, 11) is 0. The number of hydrogen-bond donors (Lipinski definition) is 1. The van der Waals surface area contributed by atoms with Crippen molar-refractivity contribution in [1.82, 2.24) is 15.5 Å². The summed E-state index contributed by atoms with van der Waals surface area (Å²) in [5.41, 5.74) is -0.132. The molecule has 0 aromatic carbocycles. The minimum Gasteiger partial charge on any atom is -0.381 e. The van der Waals surface area contributed by atoms with E-state index in [2.05, 4.69) is 15.5 Å². The van der Waals surface area contributed by atoms with Gasteiger partial charge in [-0.1, -0.05) is 25.9 Å². The SMILES string of the molecule is CC(C)(C)c1noc(CCC(=O)NC[C@H]2CCOC2)n1.